The van der Waals surface area contributed by atoms with E-state index in [0.29, 0.717) is 10.0 Å². The fourth-order valence-corrected chi connectivity index (χ4v) is 2.35. The fraction of sp³-hybridized carbons (Fsp3) is 0.0588. The molecule has 0 atom stereocenters. The molecule has 0 radical (unpaired) electrons. The number of carbonyl (C=O) groups is 2. The molecule has 7 heteroatoms. The maximum atomic E-state index is 12.0. The summed E-state index contributed by atoms with van der Waals surface area (Å²) in [6.07, 6.45) is 2.86. The summed E-state index contributed by atoms with van der Waals surface area (Å²) < 4.78 is 0. The highest BCUT2D eigenvalue weighted by Gasteiger charge is 2.11. The first-order valence-electron chi connectivity index (χ1n) is 6.86. The van der Waals surface area contributed by atoms with Crippen LogP contribution in [0.15, 0.2) is 42.5 Å². The first-order valence-corrected chi connectivity index (χ1v) is 8.00. The summed E-state index contributed by atoms with van der Waals surface area (Å²) >= 11 is 17.7. The van der Waals surface area contributed by atoms with E-state index in [-0.39, 0.29) is 10.6 Å². The molecule has 0 aromatic heterocycles. The lowest BCUT2D eigenvalue weighted by Gasteiger charge is -2.07. The van der Waals surface area contributed by atoms with Gasteiger partial charge in [-0.1, -0.05) is 46.9 Å². The molecular formula is C17H13Cl3N2O2. The number of amides is 2. The molecule has 2 amide bonds. The van der Waals surface area contributed by atoms with Crippen molar-refractivity contribution in [2.24, 2.45) is 0 Å². The van der Waals surface area contributed by atoms with Crippen molar-refractivity contribution in [3.05, 3.63) is 74.2 Å². The van der Waals surface area contributed by atoms with Gasteiger partial charge in [-0.05, 0) is 48.4 Å². The number of hydrogen-bond acceptors (Lipinski definition) is 2. The molecule has 0 saturated heterocycles. The summed E-state index contributed by atoms with van der Waals surface area (Å²) in [7, 11) is 0. The van der Waals surface area contributed by atoms with Crippen LogP contribution < -0.4 is 10.9 Å². The number of hydrazine groups is 1. The van der Waals surface area contributed by atoms with Gasteiger partial charge in [-0.3, -0.25) is 20.4 Å². The van der Waals surface area contributed by atoms with E-state index in [9.17, 15) is 9.59 Å². The maximum absolute atomic E-state index is 12.0. The van der Waals surface area contributed by atoms with Crippen molar-refractivity contribution in [2.45, 2.75) is 6.92 Å². The Hall–Kier alpha value is -2.01. The zero-order chi connectivity index (χ0) is 17.7. The molecule has 0 heterocycles. The smallest absolute Gasteiger partial charge is 0.268 e. The van der Waals surface area contributed by atoms with E-state index in [2.05, 4.69) is 10.9 Å². The lowest BCUT2D eigenvalue weighted by atomic mass is 10.1. The lowest BCUT2D eigenvalue weighted by Crippen LogP contribution is -2.40. The Kier molecular flexibility index (Phi) is 6.26. The van der Waals surface area contributed by atoms with Gasteiger partial charge in [0.2, 0.25) is 0 Å². The monoisotopic (exact) mass is 382 g/mol. The zero-order valence-electron chi connectivity index (χ0n) is 12.6. The molecule has 0 aliphatic rings. The highest BCUT2D eigenvalue weighted by atomic mass is 35.5. The number of rotatable bonds is 3. The van der Waals surface area contributed by atoms with Crippen LogP contribution in [0.3, 0.4) is 0 Å². The Morgan fingerprint density at radius 3 is 2.42 bits per heavy atom. The van der Waals surface area contributed by atoms with E-state index in [0.717, 1.165) is 11.1 Å². The van der Waals surface area contributed by atoms with Gasteiger partial charge in [0, 0.05) is 16.1 Å². The molecule has 0 unspecified atom stereocenters. The standard InChI is InChI=1S/C17H13Cl3N2O2/c1-10-2-3-11(8-15(10)20)4-7-16(23)21-22-17(24)13-9-12(18)5-6-14(13)19/h2-9H,1H3,(H,21,23)(H,22,24)/b7-4+. The van der Waals surface area contributed by atoms with Crippen molar-refractivity contribution in [3.63, 3.8) is 0 Å². The van der Waals surface area contributed by atoms with Gasteiger partial charge in [0.05, 0.1) is 10.6 Å². The number of hydrogen-bond donors (Lipinski definition) is 2. The summed E-state index contributed by atoms with van der Waals surface area (Å²) in [5.41, 5.74) is 6.41. The molecule has 0 fully saturated rings. The van der Waals surface area contributed by atoms with Gasteiger partial charge in [-0.15, -0.1) is 0 Å². The quantitative estimate of drug-likeness (QED) is 0.608. The minimum absolute atomic E-state index is 0.166. The highest BCUT2D eigenvalue weighted by molar-refractivity contribution is 6.35. The Labute approximate surface area is 154 Å². The molecule has 4 nitrogen and oxygen atoms in total. The van der Waals surface area contributed by atoms with E-state index in [1.165, 1.54) is 18.2 Å². The van der Waals surface area contributed by atoms with Crippen molar-refractivity contribution in [1.29, 1.82) is 0 Å². The molecule has 124 valence electrons. The van der Waals surface area contributed by atoms with Crippen molar-refractivity contribution >= 4 is 52.7 Å². The van der Waals surface area contributed by atoms with Crippen LogP contribution in [0.1, 0.15) is 21.5 Å². The van der Waals surface area contributed by atoms with Crippen LogP contribution in [0.25, 0.3) is 6.08 Å². The minimum atomic E-state index is -0.567. The van der Waals surface area contributed by atoms with Gasteiger partial charge < -0.3 is 0 Å². The molecule has 0 aliphatic carbocycles. The van der Waals surface area contributed by atoms with Crippen molar-refractivity contribution in [3.8, 4) is 0 Å². The van der Waals surface area contributed by atoms with E-state index in [1.54, 1.807) is 18.2 Å². The van der Waals surface area contributed by atoms with Crippen molar-refractivity contribution in [2.75, 3.05) is 0 Å². The average molecular weight is 384 g/mol. The molecule has 2 aromatic carbocycles. The molecule has 2 N–H and O–H groups in total. The van der Waals surface area contributed by atoms with Crippen LogP contribution in [0.4, 0.5) is 0 Å². The Balaban J connectivity index is 1.95. The topological polar surface area (TPSA) is 58.2 Å². The van der Waals surface area contributed by atoms with E-state index in [4.69, 9.17) is 34.8 Å². The summed E-state index contributed by atoms with van der Waals surface area (Å²) in [5, 5.41) is 1.21. The molecule has 0 spiro atoms. The first-order chi connectivity index (χ1) is 11.4. The first kappa shape index (κ1) is 18.3. The maximum Gasteiger partial charge on any atom is 0.271 e. The molecule has 0 bridgehead atoms. The normalized spacial score (nSPS) is 10.7. The van der Waals surface area contributed by atoms with Crippen LogP contribution >= 0.6 is 34.8 Å². The predicted molar refractivity (Wildman–Crippen MR) is 97.3 cm³/mol. The van der Waals surface area contributed by atoms with E-state index < -0.39 is 11.8 Å². The molecule has 0 aliphatic heterocycles. The molecule has 2 rings (SSSR count). The fourth-order valence-electron chi connectivity index (χ4n) is 1.78. The van der Waals surface area contributed by atoms with Gasteiger partial charge in [0.25, 0.3) is 11.8 Å². The second kappa shape index (κ2) is 8.20. The lowest BCUT2D eigenvalue weighted by molar-refractivity contribution is -0.117. The van der Waals surface area contributed by atoms with Gasteiger partial charge in [-0.25, -0.2) is 0 Å². The Morgan fingerprint density at radius 2 is 1.71 bits per heavy atom. The van der Waals surface area contributed by atoms with Crippen LogP contribution in [0, 0.1) is 6.92 Å². The summed E-state index contributed by atoms with van der Waals surface area (Å²) in [4.78, 5) is 23.7. The number of benzene rings is 2. The van der Waals surface area contributed by atoms with Crippen molar-refractivity contribution in [1.82, 2.24) is 10.9 Å². The van der Waals surface area contributed by atoms with Gasteiger partial charge in [0.1, 0.15) is 0 Å². The van der Waals surface area contributed by atoms with Gasteiger partial charge in [-0.2, -0.15) is 0 Å². The third-order valence-corrected chi connectivity index (χ3v) is 4.07. The van der Waals surface area contributed by atoms with E-state index in [1.807, 2.05) is 19.1 Å². The number of halogens is 3. The molecule has 24 heavy (non-hydrogen) atoms. The largest absolute Gasteiger partial charge is 0.271 e. The second-order valence-electron chi connectivity index (χ2n) is 4.91. The third kappa shape index (κ3) is 4.99. The van der Waals surface area contributed by atoms with Gasteiger partial charge >= 0.3 is 0 Å². The van der Waals surface area contributed by atoms with E-state index >= 15 is 0 Å². The van der Waals surface area contributed by atoms with Crippen LogP contribution in [0.5, 0.6) is 0 Å². The predicted octanol–water partition coefficient (Wildman–Crippen LogP) is 4.43. The molecular weight excluding hydrogens is 371 g/mol. The third-order valence-electron chi connectivity index (χ3n) is 3.10. The number of aryl methyl sites for hydroxylation is 1. The number of nitrogens with one attached hydrogen (secondary N) is 2. The second-order valence-corrected chi connectivity index (χ2v) is 6.16. The zero-order valence-corrected chi connectivity index (χ0v) is 14.8. The summed E-state index contributed by atoms with van der Waals surface area (Å²) in [5.74, 6) is -1.07. The van der Waals surface area contributed by atoms with Crippen LogP contribution in [-0.4, -0.2) is 11.8 Å². The highest BCUT2D eigenvalue weighted by Crippen LogP contribution is 2.20. The Morgan fingerprint density at radius 1 is 0.958 bits per heavy atom. The minimum Gasteiger partial charge on any atom is -0.268 e. The summed E-state index contributed by atoms with van der Waals surface area (Å²) in [6, 6.07) is 9.90. The average Bonchev–Trinajstić information content (AvgIpc) is 2.56. The van der Waals surface area contributed by atoms with Gasteiger partial charge in [0.15, 0.2) is 0 Å². The van der Waals surface area contributed by atoms with Crippen LogP contribution in [-0.2, 0) is 4.79 Å². The van der Waals surface area contributed by atoms with Crippen molar-refractivity contribution < 1.29 is 9.59 Å². The molecule has 0 saturated carbocycles. The molecule has 2 aromatic rings. The summed E-state index contributed by atoms with van der Waals surface area (Å²) in [6.45, 7) is 1.89. The Bertz CT molecular complexity index is 819. The van der Waals surface area contributed by atoms with Crippen LogP contribution in [0.2, 0.25) is 15.1 Å². The SMILES string of the molecule is Cc1ccc(/C=C/C(=O)NNC(=O)c2cc(Cl)ccc2Cl)cc1Cl. The number of carbonyl (C=O) groups excluding carboxylic acids is 2.